The first-order chi connectivity index (χ1) is 14.0. The van der Waals surface area contributed by atoms with E-state index in [1.54, 1.807) is 0 Å². The van der Waals surface area contributed by atoms with Crippen LogP contribution >= 0.6 is 0 Å². The summed E-state index contributed by atoms with van der Waals surface area (Å²) in [6.45, 7) is 4.14. The molecule has 0 N–H and O–H groups in total. The Labute approximate surface area is 170 Å². The first kappa shape index (κ1) is 16.7. The van der Waals surface area contributed by atoms with Gasteiger partial charge in [-0.15, -0.1) is 0 Å². The summed E-state index contributed by atoms with van der Waals surface area (Å²) in [5, 5.41) is 0. The van der Waals surface area contributed by atoms with Gasteiger partial charge < -0.3 is 0 Å². The zero-order valence-electron chi connectivity index (χ0n) is 16.4. The van der Waals surface area contributed by atoms with E-state index >= 15 is 0 Å². The van der Waals surface area contributed by atoms with Gasteiger partial charge in [0.15, 0.2) is 0 Å². The van der Waals surface area contributed by atoms with Crippen LogP contribution in [-0.2, 0) is 15.0 Å². The van der Waals surface area contributed by atoms with Crippen LogP contribution in [0.3, 0.4) is 0 Å². The zero-order valence-corrected chi connectivity index (χ0v) is 16.4. The van der Waals surface area contributed by atoms with Crippen molar-refractivity contribution >= 4 is 17.5 Å². The highest BCUT2D eigenvalue weighted by molar-refractivity contribution is 6.23. The third-order valence-electron chi connectivity index (χ3n) is 7.30. The third-order valence-corrected chi connectivity index (χ3v) is 7.30. The summed E-state index contributed by atoms with van der Waals surface area (Å²) < 4.78 is 0. The van der Waals surface area contributed by atoms with Crippen LogP contribution in [0, 0.1) is 18.8 Å². The summed E-state index contributed by atoms with van der Waals surface area (Å²) in [7, 11) is 0. The van der Waals surface area contributed by atoms with Gasteiger partial charge in [-0.3, -0.25) is 9.59 Å². The number of carbonyl (C=O) groups is 2. The van der Waals surface area contributed by atoms with E-state index in [0.717, 1.165) is 5.56 Å². The van der Waals surface area contributed by atoms with E-state index in [1.807, 2.05) is 55.5 Å². The van der Waals surface area contributed by atoms with E-state index in [1.165, 1.54) is 27.2 Å². The topological polar surface area (TPSA) is 37.4 Å². The molecular formula is C26H21NO2. The average molecular weight is 379 g/mol. The first-order valence-electron chi connectivity index (χ1n) is 10.2. The van der Waals surface area contributed by atoms with Crippen molar-refractivity contribution in [1.82, 2.24) is 0 Å². The van der Waals surface area contributed by atoms with Gasteiger partial charge in [0.2, 0.25) is 11.8 Å². The van der Waals surface area contributed by atoms with Crippen LogP contribution in [0.2, 0.25) is 0 Å². The molecule has 1 fully saturated rings. The number of anilines is 1. The third kappa shape index (κ3) is 1.88. The average Bonchev–Trinajstić information content (AvgIpc) is 3.00. The quantitative estimate of drug-likeness (QED) is 0.581. The Kier molecular flexibility index (Phi) is 3.14. The normalized spacial score (nSPS) is 28.9. The van der Waals surface area contributed by atoms with Crippen LogP contribution in [0.4, 0.5) is 5.69 Å². The number of aryl methyl sites for hydroxylation is 1. The molecular weight excluding hydrogens is 358 g/mol. The van der Waals surface area contributed by atoms with Crippen molar-refractivity contribution in [2.24, 2.45) is 11.8 Å². The van der Waals surface area contributed by atoms with E-state index in [9.17, 15) is 9.59 Å². The maximum atomic E-state index is 13.8. The molecule has 2 atom stereocenters. The summed E-state index contributed by atoms with van der Waals surface area (Å²) in [5.74, 6) is -0.920. The fraction of sp³-hybridized carbons (Fsp3) is 0.231. The van der Waals surface area contributed by atoms with Crippen LogP contribution in [0.15, 0.2) is 72.8 Å². The predicted octanol–water partition coefficient (Wildman–Crippen LogP) is 4.57. The van der Waals surface area contributed by atoms with Gasteiger partial charge in [-0.25, -0.2) is 4.90 Å². The Morgan fingerprint density at radius 2 is 1.41 bits per heavy atom. The van der Waals surface area contributed by atoms with Crippen molar-refractivity contribution in [2.45, 2.75) is 25.2 Å². The number of rotatable bonds is 1. The van der Waals surface area contributed by atoms with Crippen LogP contribution < -0.4 is 4.90 Å². The van der Waals surface area contributed by atoms with E-state index < -0.39 is 5.41 Å². The molecule has 2 amide bonds. The van der Waals surface area contributed by atoms with E-state index in [-0.39, 0.29) is 29.6 Å². The standard InChI is InChI=1S/C26H21NO2/c1-15-8-7-9-16(14-15)27-24(28)22-21-17-10-3-5-12-19(17)26(2,23(22)25(27)29)20-13-6-4-11-18(20)21/h3-14,21-23H,1-2H3/t21?,22-,23+,26?/m0/s1. The van der Waals surface area contributed by atoms with Crippen LogP contribution in [-0.4, -0.2) is 11.8 Å². The predicted molar refractivity (Wildman–Crippen MR) is 112 cm³/mol. The monoisotopic (exact) mass is 379 g/mol. The second kappa shape index (κ2) is 5.44. The summed E-state index contributed by atoms with van der Waals surface area (Å²) >= 11 is 0. The van der Waals surface area contributed by atoms with E-state index in [0.29, 0.717) is 5.69 Å². The number of nitrogens with zero attached hydrogens (tertiary/aromatic N) is 1. The number of imide groups is 1. The minimum atomic E-state index is -0.502. The molecule has 0 saturated carbocycles. The largest absolute Gasteiger partial charge is 0.274 e. The maximum absolute atomic E-state index is 13.8. The molecule has 0 unspecified atom stereocenters. The van der Waals surface area contributed by atoms with Gasteiger partial charge >= 0.3 is 0 Å². The number of benzene rings is 3. The van der Waals surface area contributed by atoms with Gasteiger partial charge in [0.05, 0.1) is 17.5 Å². The molecule has 0 spiro atoms. The Balaban J connectivity index is 1.63. The van der Waals surface area contributed by atoms with Crippen molar-refractivity contribution in [2.75, 3.05) is 4.90 Å². The summed E-state index contributed by atoms with van der Waals surface area (Å²) in [5.41, 5.74) is 6.00. The molecule has 29 heavy (non-hydrogen) atoms. The van der Waals surface area contributed by atoms with E-state index in [4.69, 9.17) is 0 Å². The molecule has 4 aliphatic rings. The molecule has 1 aliphatic heterocycles. The molecule has 0 aromatic heterocycles. The van der Waals surface area contributed by atoms with E-state index in [2.05, 4.69) is 31.2 Å². The number of carbonyl (C=O) groups excluding carboxylic acids is 2. The molecule has 2 bridgehead atoms. The Morgan fingerprint density at radius 1 is 0.793 bits per heavy atom. The van der Waals surface area contributed by atoms with Crippen molar-refractivity contribution < 1.29 is 9.59 Å². The van der Waals surface area contributed by atoms with Gasteiger partial charge in [0.25, 0.3) is 0 Å². The number of amides is 2. The summed E-state index contributed by atoms with van der Waals surface area (Å²) in [6, 6.07) is 24.4. The van der Waals surface area contributed by atoms with Gasteiger partial charge in [-0.05, 0) is 46.9 Å². The molecule has 1 saturated heterocycles. The Morgan fingerprint density at radius 3 is 2.03 bits per heavy atom. The number of hydrogen-bond acceptors (Lipinski definition) is 2. The van der Waals surface area contributed by atoms with Crippen LogP contribution in [0.5, 0.6) is 0 Å². The molecule has 3 nitrogen and oxygen atoms in total. The lowest BCUT2D eigenvalue weighted by atomic mass is 9.48. The van der Waals surface area contributed by atoms with Gasteiger partial charge in [0, 0.05) is 11.3 Å². The molecule has 3 aromatic carbocycles. The minimum Gasteiger partial charge on any atom is -0.274 e. The minimum absolute atomic E-state index is 0.0640. The SMILES string of the molecule is Cc1cccc(N2C(=O)[C@H]3C4c5ccccc5C(C)(c5ccccc54)[C@H]3C2=O)c1. The Hall–Kier alpha value is -3.20. The second-order valence-corrected chi connectivity index (χ2v) is 8.71. The molecule has 7 rings (SSSR count). The van der Waals surface area contributed by atoms with Crippen molar-refractivity contribution in [1.29, 1.82) is 0 Å². The molecule has 3 aliphatic carbocycles. The lowest BCUT2D eigenvalue weighted by Crippen LogP contribution is -2.51. The molecule has 142 valence electrons. The fourth-order valence-corrected chi connectivity index (χ4v) is 6.17. The van der Waals surface area contributed by atoms with Crippen LogP contribution in [0.25, 0.3) is 0 Å². The summed E-state index contributed by atoms with van der Waals surface area (Å²) in [6.07, 6.45) is 0. The van der Waals surface area contributed by atoms with Crippen molar-refractivity contribution in [3.8, 4) is 0 Å². The Bertz CT molecular complexity index is 1160. The molecule has 3 aromatic rings. The highest BCUT2D eigenvalue weighted by Crippen LogP contribution is 2.64. The van der Waals surface area contributed by atoms with Crippen LogP contribution in [0.1, 0.15) is 40.7 Å². The molecule has 3 heteroatoms. The molecule has 1 heterocycles. The zero-order chi connectivity index (χ0) is 19.9. The van der Waals surface area contributed by atoms with Gasteiger partial charge in [0.1, 0.15) is 0 Å². The highest BCUT2D eigenvalue weighted by atomic mass is 16.2. The summed E-state index contributed by atoms with van der Waals surface area (Å²) in [4.78, 5) is 29.0. The molecule has 0 radical (unpaired) electrons. The lowest BCUT2D eigenvalue weighted by Gasteiger charge is -2.52. The number of hydrogen-bond donors (Lipinski definition) is 0. The second-order valence-electron chi connectivity index (χ2n) is 8.71. The lowest BCUT2D eigenvalue weighted by molar-refractivity contribution is -0.123. The van der Waals surface area contributed by atoms with Crippen molar-refractivity contribution in [3.63, 3.8) is 0 Å². The van der Waals surface area contributed by atoms with Gasteiger partial charge in [-0.1, -0.05) is 67.6 Å². The van der Waals surface area contributed by atoms with Crippen molar-refractivity contribution in [3.05, 3.63) is 101 Å². The maximum Gasteiger partial charge on any atom is 0.238 e. The highest BCUT2D eigenvalue weighted by Gasteiger charge is 2.66. The fourth-order valence-electron chi connectivity index (χ4n) is 6.17. The first-order valence-corrected chi connectivity index (χ1v) is 10.2. The smallest absolute Gasteiger partial charge is 0.238 e. The van der Waals surface area contributed by atoms with Gasteiger partial charge in [-0.2, -0.15) is 0 Å².